The van der Waals surface area contributed by atoms with Crippen molar-refractivity contribution < 1.29 is 9.53 Å². The van der Waals surface area contributed by atoms with E-state index in [0.29, 0.717) is 17.3 Å². The summed E-state index contributed by atoms with van der Waals surface area (Å²) in [6.07, 6.45) is -0.318. The highest BCUT2D eigenvalue weighted by molar-refractivity contribution is 6.30. The van der Waals surface area contributed by atoms with Crippen LogP contribution in [0.4, 0.5) is 0 Å². The van der Waals surface area contributed by atoms with Crippen molar-refractivity contribution in [2.75, 3.05) is 13.6 Å². The average Bonchev–Trinajstić information content (AvgIpc) is 2.20. The summed E-state index contributed by atoms with van der Waals surface area (Å²) in [7, 11) is 1.75. The van der Waals surface area contributed by atoms with Gasteiger partial charge < -0.3 is 9.64 Å². The zero-order chi connectivity index (χ0) is 10.1. The molecule has 3 nitrogen and oxygen atoms in total. The highest BCUT2D eigenvalue weighted by Crippen LogP contribution is 2.20. The zero-order valence-electron chi connectivity index (χ0n) is 7.74. The molecule has 1 fully saturated rings. The van der Waals surface area contributed by atoms with Gasteiger partial charge in [-0.25, -0.2) is 0 Å². The minimum absolute atomic E-state index is 0.0277. The summed E-state index contributed by atoms with van der Waals surface area (Å²) in [4.78, 5) is 12.8. The molecule has 4 heteroatoms. The van der Waals surface area contributed by atoms with Gasteiger partial charge in [0.1, 0.15) is 5.75 Å². The van der Waals surface area contributed by atoms with Crippen LogP contribution in [0.15, 0.2) is 24.3 Å². The van der Waals surface area contributed by atoms with Gasteiger partial charge in [-0.15, -0.1) is 0 Å². The molecule has 1 saturated heterocycles. The summed E-state index contributed by atoms with van der Waals surface area (Å²) >= 11 is 5.72. The van der Waals surface area contributed by atoms with Gasteiger partial charge in [-0.2, -0.15) is 0 Å². The number of halogens is 1. The molecule has 1 unspecified atom stereocenters. The summed E-state index contributed by atoms with van der Waals surface area (Å²) in [5.74, 6) is 0.709. The number of hydrogen-bond donors (Lipinski definition) is 0. The molecule has 1 aliphatic heterocycles. The lowest BCUT2D eigenvalue weighted by atomic mass is 10.2. The maximum atomic E-state index is 11.2. The Hall–Kier alpha value is -1.22. The van der Waals surface area contributed by atoms with Crippen LogP contribution in [0.3, 0.4) is 0 Å². The van der Waals surface area contributed by atoms with Gasteiger partial charge in [0.15, 0.2) is 6.10 Å². The molecule has 0 spiro atoms. The molecular weight excluding hydrogens is 202 g/mol. The van der Waals surface area contributed by atoms with Gasteiger partial charge in [0.25, 0.3) is 5.91 Å². The van der Waals surface area contributed by atoms with E-state index in [4.69, 9.17) is 16.3 Å². The van der Waals surface area contributed by atoms with Crippen molar-refractivity contribution in [3.8, 4) is 5.75 Å². The number of benzene rings is 1. The lowest BCUT2D eigenvalue weighted by Crippen LogP contribution is -2.56. The van der Waals surface area contributed by atoms with Gasteiger partial charge in [-0.05, 0) is 24.3 Å². The predicted octanol–water partition coefficient (Wildman–Crippen LogP) is 1.56. The zero-order valence-corrected chi connectivity index (χ0v) is 8.49. The van der Waals surface area contributed by atoms with Crippen LogP contribution in [0, 0.1) is 0 Å². The quantitative estimate of drug-likeness (QED) is 0.695. The van der Waals surface area contributed by atoms with Crippen LogP contribution in [-0.2, 0) is 4.79 Å². The van der Waals surface area contributed by atoms with Crippen LogP contribution < -0.4 is 4.74 Å². The molecule has 0 N–H and O–H groups in total. The Morgan fingerprint density at radius 2 is 2.07 bits per heavy atom. The SMILES string of the molecule is CN1CC(Oc2ccc(Cl)cc2)C1=O. The van der Waals surface area contributed by atoms with E-state index in [1.165, 1.54) is 0 Å². The Morgan fingerprint density at radius 1 is 1.43 bits per heavy atom. The minimum Gasteiger partial charge on any atom is -0.479 e. The van der Waals surface area contributed by atoms with Crippen LogP contribution in [0.1, 0.15) is 0 Å². The van der Waals surface area contributed by atoms with E-state index in [1.54, 1.807) is 36.2 Å². The number of rotatable bonds is 2. The molecule has 1 amide bonds. The van der Waals surface area contributed by atoms with E-state index in [9.17, 15) is 4.79 Å². The summed E-state index contributed by atoms with van der Waals surface area (Å²) in [5, 5.41) is 0.661. The van der Waals surface area contributed by atoms with E-state index in [0.717, 1.165) is 0 Å². The average molecular weight is 212 g/mol. The monoisotopic (exact) mass is 211 g/mol. The first-order chi connectivity index (χ1) is 6.66. The highest BCUT2D eigenvalue weighted by atomic mass is 35.5. The molecule has 1 aliphatic rings. The molecule has 1 heterocycles. The third-order valence-electron chi connectivity index (χ3n) is 2.18. The molecule has 1 atom stereocenters. The normalized spacial score (nSPS) is 20.6. The van der Waals surface area contributed by atoms with Crippen molar-refractivity contribution in [3.05, 3.63) is 29.3 Å². The predicted molar refractivity (Wildman–Crippen MR) is 53.5 cm³/mol. The van der Waals surface area contributed by atoms with E-state index in [2.05, 4.69) is 0 Å². The molecule has 0 saturated carbocycles. The lowest BCUT2D eigenvalue weighted by Gasteiger charge is -2.34. The maximum Gasteiger partial charge on any atom is 0.265 e. The Morgan fingerprint density at radius 3 is 2.57 bits per heavy atom. The summed E-state index contributed by atoms with van der Waals surface area (Å²) in [6.45, 7) is 0.654. The Labute approximate surface area is 87.2 Å². The van der Waals surface area contributed by atoms with Gasteiger partial charge >= 0.3 is 0 Å². The molecule has 0 bridgehead atoms. The number of likely N-dealkylation sites (tertiary alicyclic amines) is 1. The van der Waals surface area contributed by atoms with Gasteiger partial charge in [0.2, 0.25) is 0 Å². The molecule has 14 heavy (non-hydrogen) atoms. The molecule has 2 rings (SSSR count). The van der Waals surface area contributed by atoms with Crippen molar-refractivity contribution in [1.82, 2.24) is 4.90 Å². The van der Waals surface area contributed by atoms with Crippen molar-refractivity contribution in [3.63, 3.8) is 0 Å². The fraction of sp³-hybridized carbons (Fsp3) is 0.300. The van der Waals surface area contributed by atoms with Crippen molar-refractivity contribution >= 4 is 17.5 Å². The smallest absolute Gasteiger partial charge is 0.265 e. The third kappa shape index (κ3) is 1.68. The largest absolute Gasteiger partial charge is 0.479 e. The Bertz CT molecular complexity index is 350. The van der Waals surface area contributed by atoms with Gasteiger partial charge in [0, 0.05) is 12.1 Å². The first kappa shape index (κ1) is 9.34. The number of carbonyl (C=O) groups is 1. The summed E-state index contributed by atoms with van der Waals surface area (Å²) < 4.78 is 5.44. The number of likely N-dealkylation sites (N-methyl/N-ethyl adjacent to an activating group) is 1. The third-order valence-corrected chi connectivity index (χ3v) is 2.44. The Kier molecular flexibility index (Phi) is 2.33. The molecule has 1 aromatic carbocycles. The van der Waals surface area contributed by atoms with Crippen molar-refractivity contribution in [2.24, 2.45) is 0 Å². The van der Waals surface area contributed by atoms with Gasteiger partial charge in [-0.3, -0.25) is 4.79 Å². The second kappa shape index (κ2) is 3.50. The number of β-lactam (4-membered cyclic amide) rings is 1. The highest BCUT2D eigenvalue weighted by Gasteiger charge is 2.35. The summed E-state index contributed by atoms with van der Waals surface area (Å²) in [6, 6.07) is 7.00. The number of carbonyl (C=O) groups excluding carboxylic acids is 1. The van der Waals surface area contributed by atoms with Crippen LogP contribution in [0.2, 0.25) is 5.02 Å². The van der Waals surface area contributed by atoms with E-state index in [1.807, 2.05) is 0 Å². The van der Waals surface area contributed by atoms with Crippen LogP contribution in [0.5, 0.6) is 5.75 Å². The van der Waals surface area contributed by atoms with Crippen LogP contribution >= 0.6 is 11.6 Å². The molecule has 74 valence electrons. The van der Waals surface area contributed by atoms with E-state index >= 15 is 0 Å². The summed E-state index contributed by atoms with van der Waals surface area (Å²) in [5.41, 5.74) is 0. The van der Waals surface area contributed by atoms with E-state index in [-0.39, 0.29) is 12.0 Å². The number of hydrogen-bond acceptors (Lipinski definition) is 2. The topological polar surface area (TPSA) is 29.5 Å². The molecule has 0 aliphatic carbocycles. The fourth-order valence-electron chi connectivity index (χ4n) is 1.32. The number of nitrogens with zero attached hydrogens (tertiary/aromatic N) is 1. The van der Waals surface area contributed by atoms with Crippen LogP contribution in [0.25, 0.3) is 0 Å². The Balaban J connectivity index is 1.99. The molecule has 0 radical (unpaired) electrons. The maximum absolute atomic E-state index is 11.2. The molecule has 1 aromatic rings. The van der Waals surface area contributed by atoms with Gasteiger partial charge in [0.05, 0.1) is 6.54 Å². The van der Waals surface area contributed by atoms with Crippen molar-refractivity contribution in [1.29, 1.82) is 0 Å². The lowest BCUT2D eigenvalue weighted by molar-refractivity contribution is -0.150. The first-order valence-corrected chi connectivity index (χ1v) is 4.72. The minimum atomic E-state index is -0.318. The van der Waals surface area contributed by atoms with E-state index < -0.39 is 0 Å². The standard InChI is InChI=1S/C10H10ClNO2/c1-12-6-9(10(12)13)14-8-4-2-7(11)3-5-8/h2-5,9H,6H2,1H3. The second-order valence-corrected chi connectivity index (χ2v) is 3.72. The second-order valence-electron chi connectivity index (χ2n) is 3.28. The van der Waals surface area contributed by atoms with Gasteiger partial charge in [-0.1, -0.05) is 11.6 Å². The number of ether oxygens (including phenoxy) is 1. The van der Waals surface area contributed by atoms with Crippen molar-refractivity contribution in [2.45, 2.75) is 6.10 Å². The van der Waals surface area contributed by atoms with Crippen LogP contribution in [-0.4, -0.2) is 30.5 Å². The molecule has 0 aromatic heterocycles. The number of amides is 1. The molecular formula is C10H10ClNO2. The fourth-order valence-corrected chi connectivity index (χ4v) is 1.44. The first-order valence-electron chi connectivity index (χ1n) is 4.34.